The molecule has 0 spiro atoms. The largest absolute Gasteiger partial charge is 0.497 e. The monoisotopic (exact) mass is 340 g/mol. The predicted molar refractivity (Wildman–Crippen MR) is 98.1 cm³/mol. The lowest BCUT2D eigenvalue weighted by Gasteiger charge is -2.16. The molecule has 0 aromatic heterocycles. The molecule has 5 nitrogen and oxygen atoms in total. The second-order valence-corrected chi connectivity index (χ2v) is 6.14. The van der Waals surface area contributed by atoms with Crippen molar-refractivity contribution >= 4 is 11.6 Å². The van der Waals surface area contributed by atoms with Crippen molar-refractivity contribution < 1.29 is 14.3 Å². The molecule has 0 bridgehead atoms. The molecule has 2 aromatic carbocycles. The van der Waals surface area contributed by atoms with E-state index in [1.807, 2.05) is 35.2 Å². The van der Waals surface area contributed by atoms with Gasteiger partial charge in [-0.3, -0.25) is 4.79 Å². The molecule has 132 valence electrons. The standard InChI is InChI=1S/C20H24N2O3/c1-24-18-10-16(11-19(12-18)25-2)14-21-13-15-5-7-17(8-6-15)22-9-3-4-20(22)23/h5-8,10-12,21H,3-4,9,13-14H2,1-2H3. The van der Waals surface area contributed by atoms with Gasteiger partial charge in [0.1, 0.15) is 11.5 Å². The molecule has 1 N–H and O–H groups in total. The second kappa shape index (κ2) is 8.03. The van der Waals surface area contributed by atoms with E-state index in [1.165, 1.54) is 5.56 Å². The van der Waals surface area contributed by atoms with Gasteiger partial charge in [-0.05, 0) is 41.8 Å². The van der Waals surface area contributed by atoms with Gasteiger partial charge in [0.2, 0.25) is 5.91 Å². The van der Waals surface area contributed by atoms with Crippen molar-refractivity contribution in [2.45, 2.75) is 25.9 Å². The number of carbonyl (C=O) groups excluding carboxylic acids is 1. The quantitative estimate of drug-likeness (QED) is 0.841. The van der Waals surface area contributed by atoms with Gasteiger partial charge >= 0.3 is 0 Å². The number of carbonyl (C=O) groups is 1. The predicted octanol–water partition coefficient (Wildman–Crippen LogP) is 3.12. The highest BCUT2D eigenvalue weighted by atomic mass is 16.5. The number of amides is 1. The number of rotatable bonds is 7. The van der Waals surface area contributed by atoms with Gasteiger partial charge in [0.25, 0.3) is 0 Å². The molecule has 1 fully saturated rings. The van der Waals surface area contributed by atoms with E-state index in [-0.39, 0.29) is 5.91 Å². The van der Waals surface area contributed by atoms with Crippen LogP contribution in [-0.4, -0.2) is 26.7 Å². The zero-order chi connectivity index (χ0) is 17.6. The third-order valence-corrected chi connectivity index (χ3v) is 4.39. The van der Waals surface area contributed by atoms with Crippen LogP contribution >= 0.6 is 0 Å². The van der Waals surface area contributed by atoms with Gasteiger partial charge in [-0.15, -0.1) is 0 Å². The van der Waals surface area contributed by atoms with Crippen LogP contribution in [0.1, 0.15) is 24.0 Å². The molecule has 0 radical (unpaired) electrons. The maximum absolute atomic E-state index is 11.8. The minimum atomic E-state index is 0.220. The number of benzene rings is 2. The highest BCUT2D eigenvalue weighted by Gasteiger charge is 2.21. The summed E-state index contributed by atoms with van der Waals surface area (Å²) in [5.41, 5.74) is 3.28. The fraction of sp³-hybridized carbons (Fsp3) is 0.350. The molecular formula is C20H24N2O3. The molecule has 25 heavy (non-hydrogen) atoms. The summed E-state index contributed by atoms with van der Waals surface area (Å²) in [5, 5.41) is 3.43. The van der Waals surface area contributed by atoms with Crippen LogP contribution in [0.5, 0.6) is 11.5 Å². The van der Waals surface area contributed by atoms with Crippen molar-refractivity contribution in [3.8, 4) is 11.5 Å². The molecule has 1 saturated heterocycles. The third-order valence-electron chi connectivity index (χ3n) is 4.39. The highest BCUT2D eigenvalue weighted by molar-refractivity contribution is 5.95. The van der Waals surface area contributed by atoms with Crippen LogP contribution in [0.4, 0.5) is 5.69 Å². The van der Waals surface area contributed by atoms with Gasteiger partial charge < -0.3 is 19.7 Å². The van der Waals surface area contributed by atoms with Crippen LogP contribution in [-0.2, 0) is 17.9 Å². The van der Waals surface area contributed by atoms with Gasteiger partial charge in [0.05, 0.1) is 14.2 Å². The van der Waals surface area contributed by atoms with Crippen LogP contribution in [0.2, 0.25) is 0 Å². The molecule has 2 aromatic rings. The van der Waals surface area contributed by atoms with Crippen LogP contribution in [0.15, 0.2) is 42.5 Å². The minimum absolute atomic E-state index is 0.220. The number of anilines is 1. The van der Waals surface area contributed by atoms with Gasteiger partial charge in [-0.1, -0.05) is 12.1 Å². The Balaban J connectivity index is 1.56. The van der Waals surface area contributed by atoms with Crippen LogP contribution in [0, 0.1) is 0 Å². The molecule has 1 amide bonds. The Bertz CT molecular complexity index is 706. The van der Waals surface area contributed by atoms with E-state index in [0.717, 1.165) is 48.8 Å². The van der Waals surface area contributed by atoms with Gasteiger partial charge in [0, 0.05) is 37.8 Å². The second-order valence-electron chi connectivity index (χ2n) is 6.14. The van der Waals surface area contributed by atoms with E-state index in [0.29, 0.717) is 6.42 Å². The first-order chi connectivity index (χ1) is 12.2. The number of nitrogens with zero attached hydrogens (tertiary/aromatic N) is 1. The van der Waals surface area contributed by atoms with Crippen molar-refractivity contribution in [3.05, 3.63) is 53.6 Å². The lowest BCUT2D eigenvalue weighted by molar-refractivity contribution is -0.117. The zero-order valence-corrected chi connectivity index (χ0v) is 14.7. The zero-order valence-electron chi connectivity index (χ0n) is 14.7. The normalized spacial score (nSPS) is 14.0. The number of methoxy groups -OCH3 is 2. The Morgan fingerprint density at radius 1 is 0.960 bits per heavy atom. The molecular weight excluding hydrogens is 316 g/mol. The van der Waals surface area contributed by atoms with E-state index in [2.05, 4.69) is 17.4 Å². The molecule has 1 aliphatic heterocycles. The molecule has 0 unspecified atom stereocenters. The Hall–Kier alpha value is -2.53. The first-order valence-corrected chi connectivity index (χ1v) is 8.51. The Kier molecular flexibility index (Phi) is 5.56. The summed E-state index contributed by atoms with van der Waals surface area (Å²) in [6, 6.07) is 14.0. The number of nitrogens with one attached hydrogen (secondary N) is 1. The SMILES string of the molecule is COc1cc(CNCc2ccc(N3CCCC3=O)cc2)cc(OC)c1. The first kappa shape index (κ1) is 17.3. The van der Waals surface area contributed by atoms with Gasteiger partial charge in [-0.2, -0.15) is 0 Å². The summed E-state index contributed by atoms with van der Waals surface area (Å²) in [4.78, 5) is 13.6. The van der Waals surface area contributed by atoms with Crippen LogP contribution in [0.25, 0.3) is 0 Å². The Labute approximate surface area is 148 Å². The average Bonchev–Trinajstić information content (AvgIpc) is 3.08. The van der Waals surface area contributed by atoms with E-state index < -0.39 is 0 Å². The first-order valence-electron chi connectivity index (χ1n) is 8.51. The molecule has 3 rings (SSSR count). The third kappa shape index (κ3) is 4.31. The van der Waals surface area contributed by atoms with Crippen LogP contribution in [0.3, 0.4) is 0 Å². The molecule has 1 aliphatic rings. The lowest BCUT2D eigenvalue weighted by Crippen LogP contribution is -2.23. The van der Waals surface area contributed by atoms with Crippen molar-refractivity contribution in [1.82, 2.24) is 5.32 Å². The summed E-state index contributed by atoms with van der Waals surface area (Å²) in [5.74, 6) is 1.80. The van der Waals surface area contributed by atoms with E-state index >= 15 is 0 Å². The molecule has 1 heterocycles. The average molecular weight is 340 g/mol. The van der Waals surface area contributed by atoms with E-state index in [1.54, 1.807) is 14.2 Å². The van der Waals surface area contributed by atoms with Crippen molar-refractivity contribution in [2.24, 2.45) is 0 Å². The molecule has 0 aliphatic carbocycles. The molecule has 0 atom stereocenters. The summed E-state index contributed by atoms with van der Waals surface area (Å²) < 4.78 is 10.6. The summed E-state index contributed by atoms with van der Waals surface area (Å²) in [6.45, 7) is 2.31. The summed E-state index contributed by atoms with van der Waals surface area (Å²) in [6.07, 6.45) is 1.61. The van der Waals surface area contributed by atoms with Crippen LogP contribution < -0.4 is 19.7 Å². The van der Waals surface area contributed by atoms with Crippen molar-refractivity contribution in [3.63, 3.8) is 0 Å². The number of hydrogen-bond acceptors (Lipinski definition) is 4. The highest BCUT2D eigenvalue weighted by Crippen LogP contribution is 2.23. The lowest BCUT2D eigenvalue weighted by atomic mass is 10.1. The Morgan fingerprint density at radius 2 is 1.60 bits per heavy atom. The number of hydrogen-bond donors (Lipinski definition) is 1. The molecule has 5 heteroatoms. The molecule has 0 saturated carbocycles. The fourth-order valence-corrected chi connectivity index (χ4v) is 3.03. The van der Waals surface area contributed by atoms with Gasteiger partial charge in [-0.25, -0.2) is 0 Å². The minimum Gasteiger partial charge on any atom is -0.497 e. The van der Waals surface area contributed by atoms with E-state index in [4.69, 9.17) is 9.47 Å². The fourth-order valence-electron chi connectivity index (χ4n) is 3.03. The summed E-state index contributed by atoms with van der Waals surface area (Å²) in [7, 11) is 3.30. The topological polar surface area (TPSA) is 50.8 Å². The van der Waals surface area contributed by atoms with Crippen molar-refractivity contribution in [2.75, 3.05) is 25.7 Å². The number of ether oxygens (including phenoxy) is 2. The van der Waals surface area contributed by atoms with Crippen molar-refractivity contribution in [1.29, 1.82) is 0 Å². The Morgan fingerprint density at radius 3 is 2.16 bits per heavy atom. The summed E-state index contributed by atoms with van der Waals surface area (Å²) >= 11 is 0. The smallest absolute Gasteiger partial charge is 0.227 e. The van der Waals surface area contributed by atoms with Gasteiger partial charge in [0.15, 0.2) is 0 Å². The maximum atomic E-state index is 11.8. The van der Waals surface area contributed by atoms with E-state index in [9.17, 15) is 4.79 Å². The maximum Gasteiger partial charge on any atom is 0.227 e.